The van der Waals surface area contributed by atoms with Crippen molar-refractivity contribution in [3.8, 4) is 0 Å². The van der Waals surface area contributed by atoms with Gasteiger partial charge in [0.25, 0.3) is 0 Å². The Kier molecular flexibility index (Phi) is 5.33. The van der Waals surface area contributed by atoms with Crippen LogP contribution in [0.25, 0.3) is 0 Å². The minimum absolute atomic E-state index is 1.03. The van der Waals surface area contributed by atoms with Crippen molar-refractivity contribution in [2.75, 3.05) is 32.1 Å². The van der Waals surface area contributed by atoms with Crippen LogP contribution in [0.4, 0.5) is 5.69 Å². The maximum atomic E-state index is 3.20. The van der Waals surface area contributed by atoms with Gasteiger partial charge in [-0.1, -0.05) is 32.0 Å². The number of benzene rings is 1. The molecule has 1 rings (SSSR count). The van der Waals surface area contributed by atoms with Crippen molar-refractivity contribution in [2.24, 2.45) is 0 Å². The van der Waals surface area contributed by atoms with Gasteiger partial charge in [0.15, 0.2) is 0 Å². The molecule has 0 fully saturated rings. The fourth-order valence-electron chi connectivity index (χ4n) is 2.10. The van der Waals surface area contributed by atoms with Gasteiger partial charge in [0, 0.05) is 25.8 Å². The predicted molar refractivity (Wildman–Crippen MR) is 72.4 cm³/mol. The van der Waals surface area contributed by atoms with Gasteiger partial charge in [-0.05, 0) is 31.0 Å². The number of likely N-dealkylation sites (N-methyl/N-ethyl adjacent to an activating group) is 2. The van der Waals surface area contributed by atoms with Crippen molar-refractivity contribution in [3.63, 3.8) is 0 Å². The predicted octanol–water partition coefficient (Wildman–Crippen LogP) is 2.47. The molecule has 0 saturated carbocycles. The molecule has 90 valence electrons. The van der Waals surface area contributed by atoms with E-state index in [1.165, 1.54) is 16.8 Å². The largest absolute Gasteiger partial charge is 0.373 e. The summed E-state index contributed by atoms with van der Waals surface area (Å²) in [6.45, 7) is 6.53. The first-order valence-electron chi connectivity index (χ1n) is 6.21. The molecule has 0 heterocycles. The van der Waals surface area contributed by atoms with Gasteiger partial charge in [-0.15, -0.1) is 0 Å². The van der Waals surface area contributed by atoms with Crippen LogP contribution < -0.4 is 10.2 Å². The Balaban J connectivity index is 2.97. The van der Waals surface area contributed by atoms with E-state index in [2.05, 4.69) is 49.3 Å². The average molecular weight is 220 g/mol. The molecule has 0 unspecified atom stereocenters. The minimum atomic E-state index is 1.03. The molecule has 0 aromatic heterocycles. The van der Waals surface area contributed by atoms with Crippen molar-refractivity contribution >= 4 is 5.69 Å². The van der Waals surface area contributed by atoms with Crippen LogP contribution in [0.3, 0.4) is 0 Å². The van der Waals surface area contributed by atoms with Gasteiger partial charge in [0.2, 0.25) is 0 Å². The molecule has 0 spiro atoms. The number of hydrogen-bond acceptors (Lipinski definition) is 2. The molecule has 16 heavy (non-hydrogen) atoms. The van der Waals surface area contributed by atoms with E-state index in [1.807, 2.05) is 7.05 Å². The van der Waals surface area contributed by atoms with Crippen molar-refractivity contribution in [2.45, 2.75) is 26.7 Å². The molecule has 1 aromatic rings. The summed E-state index contributed by atoms with van der Waals surface area (Å²) in [5.41, 5.74) is 4.35. The summed E-state index contributed by atoms with van der Waals surface area (Å²) in [5.74, 6) is 0. The fraction of sp³-hybridized carbons (Fsp3) is 0.571. The number of hydrogen-bond donors (Lipinski definition) is 1. The van der Waals surface area contributed by atoms with E-state index in [9.17, 15) is 0 Å². The van der Waals surface area contributed by atoms with E-state index in [1.54, 1.807) is 0 Å². The topological polar surface area (TPSA) is 15.3 Å². The first-order valence-corrected chi connectivity index (χ1v) is 6.21. The molecular formula is C14H24N2. The van der Waals surface area contributed by atoms with Crippen LogP contribution in [0.1, 0.15) is 25.0 Å². The average Bonchev–Trinajstić information content (AvgIpc) is 2.34. The van der Waals surface area contributed by atoms with Crippen molar-refractivity contribution in [1.82, 2.24) is 5.32 Å². The summed E-state index contributed by atoms with van der Waals surface area (Å²) in [7, 11) is 4.19. The summed E-state index contributed by atoms with van der Waals surface area (Å²) in [4.78, 5) is 2.37. The highest BCUT2D eigenvalue weighted by Gasteiger charge is 2.09. The van der Waals surface area contributed by atoms with E-state index in [4.69, 9.17) is 0 Å². The lowest BCUT2D eigenvalue weighted by Crippen LogP contribution is -2.28. The lowest BCUT2D eigenvalue weighted by molar-refractivity contribution is 0.762. The summed E-state index contributed by atoms with van der Waals surface area (Å²) in [6, 6.07) is 6.65. The van der Waals surface area contributed by atoms with E-state index >= 15 is 0 Å². The molecule has 2 nitrogen and oxygen atoms in total. The summed E-state index contributed by atoms with van der Waals surface area (Å²) >= 11 is 0. The third kappa shape index (κ3) is 2.99. The Morgan fingerprint density at radius 2 is 1.69 bits per heavy atom. The maximum Gasteiger partial charge on any atom is 0.0428 e. The van der Waals surface area contributed by atoms with E-state index in [0.717, 1.165) is 25.9 Å². The standard InChI is InChI=1S/C14H24N2/c1-5-12-8-7-9-13(6-2)14(12)16(4)11-10-15-3/h7-9,15H,5-6,10-11H2,1-4H3. The zero-order chi connectivity index (χ0) is 12.0. The van der Waals surface area contributed by atoms with E-state index in [-0.39, 0.29) is 0 Å². The summed E-state index contributed by atoms with van der Waals surface area (Å²) < 4.78 is 0. The Hall–Kier alpha value is -1.02. The van der Waals surface area contributed by atoms with Gasteiger partial charge in [-0.3, -0.25) is 0 Å². The molecule has 1 aromatic carbocycles. The first kappa shape index (κ1) is 13.0. The Morgan fingerprint density at radius 3 is 2.12 bits per heavy atom. The summed E-state index contributed by atoms with van der Waals surface area (Å²) in [6.07, 6.45) is 2.21. The number of anilines is 1. The second kappa shape index (κ2) is 6.54. The first-order chi connectivity index (χ1) is 7.74. The molecule has 0 aliphatic heterocycles. The van der Waals surface area contributed by atoms with Gasteiger partial charge >= 0.3 is 0 Å². The Bertz CT molecular complexity index is 298. The van der Waals surface area contributed by atoms with Crippen molar-refractivity contribution < 1.29 is 0 Å². The van der Waals surface area contributed by atoms with Gasteiger partial charge in [0.05, 0.1) is 0 Å². The zero-order valence-electron chi connectivity index (χ0n) is 11.0. The van der Waals surface area contributed by atoms with Crippen LogP contribution in [0.5, 0.6) is 0 Å². The normalized spacial score (nSPS) is 10.5. The smallest absolute Gasteiger partial charge is 0.0428 e. The molecule has 0 radical (unpaired) electrons. The molecule has 0 atom stereocenters. The number of nitrogens with zero attached hydrogens (tertiary/aromatic N) is 1. The Morgan fingerprint density at radius 1 is 1.12 bits per heavy atom. The molecule has 0 amide bonds. The highest BCUT2D eigenvalue weighted by atomic mass is 15.1. The number of rotatable bonds is 6. The van der Waals surface area contributed by atoms with Crippen LogP contribution in [0, 0.1) is 0 Å². The van der Waals surface area contributed by atoms with E-state index in [0.29, 0.717) is 0 Å². The quantitative estimate of drug-likeness (QED) is 0.792. The molecule has 0 bridgehead atoms. The van der Waals surface area contributed by atoms with Gasteiger partial charge < -0.3 is 10.2 Å². The lowest BCUT2D eigenvalue weighted by atomic mass is 10.0. The third-order valence-corrected chi connectivity index (χ3v) is 3.04. The highest BCUT2D eigenvalue weighted by Crippen LogP contribution is 2.25. The number of aryl methyl sites for hydroxylation is 2. The SMILES string of the molecule is CCc1cccc(CC)c1N(C)CCNC. The second-order valence-electron chi connectivity index (χ2n) is 4.16. The monoisotopic (exact) mass is 220 g/mol. The van der Waals surface area contributed by atoms with Crippen LogP contribution in [0.15, 0.2) is 18.2 Å². The van der Waals surface area contributed by atoms with Gasteiger partial charge in [0.1, 0.15) is 0 Å². The van der Waals surface area contributed by atoms with E-state index < -0.39 is 0 Å². The zero-order valence-corrected chi connectivity index (χ0v) is 11.0. The lowest BCUT2D eigenvalue weighted by Gasteiger charge is -2.25. The second-order valence-corrected chi connectivity index (χ2v) is 4.16. The molecule has 1 N–H and O–H groups in total. The molecule has 0 aliphatic carbocycles. The van der Waals surface area contributed by atoms with Crippen molar-refractivity contribution in [3.05, 3.63) is 29.3 Å². The summed E-state index contributed by atoms with van der Waals surface area (Å²) in [5, 5.41) is 3.20. The van der Waals surface area contributed by atoms with Crippen LogP contribution >= 0.6 is 0 Å². The highest BCUT2D eigenvalue weighted by molar-refractivity contribution is 5.59. The minimum Gasteiger partial charge on any atom is -0.373 e. The molecule has 0 aliphatic rings. The Labute approximate surface area is 99.7 Å². The third-order valence-electron chi connectivity index (χ3n) is 3.04. The van der Waals surface area contributed by atoms with Gasteiger partial charge in [-0.25, -0.2) is 0 Å². The molecule has 2 heteroatoms. The number of para-hydroxylation sites is 1. The van der Waals surface area contributed by atoms with Crippen LogP contribution in [0.2, 0.25) is 0 Å². The maximum absolute atomic E-state index is 3.20. The van der Waals surface area contributed by atoms with Crippen LogP contribution in [-0.4, -0.2) is 27.2 Å². The number of nitrogens with one attached hydrogen (secondary N) is 1. The van der Waals surface area contributed by atoms with Crippen LogP contribution in [-0.2, 0) is 12.8 Å². The van der Waals surface area contributed by atoms with Crippen molar-refractivity contribution in [1.29, 1.82) is 0 Å². The molecule has 0 saturated heterocycles. The molecular weight excluding hydrogens is 196 g/mol. The van der Waals surface area contributed by atoms with Gasteiger partial charge in [-0.2, -0.15) is 0 Å². The fourth-order valence-corrected chi connectivity index (χ4v) is 2.10.